The van der Waals surface area contributed by atoms with Crippen molar-refractivity contribution >= 4 is 0 Å². The molecule has 1 heterocycles. The molecule has 0 bridgehead atoms. The Bertz CT molecular complexity index is 321. The van der Waals surface area contributed by atoms with Gasteiger partial charge in [-0.05, 0) is 25.3 Å². The lowest BCUT2D eigenvalue weighted by atomic mass is 9.89. The molecule has 1 aromatic heterocycles. The monoisotopic (exact) mass is 239 g/mol. The molecule has 1 aliphatic carbocycles. The molecule has 0 atom stereocenters. The lowest BCUT2D eigenvalue weighted by Gasteiger charge is -2.21. The molecule has 17 heavy (non-hydrogen) atoms. The van der Waals surface area contributed by atoms with Crippen molar-refractivity contribution in [2.75, 3.05) is 13.7 Å². The highest BCUT2D eigenvalue weighted by atomic mass is 16.5. The Morgan fingerprint density at radius 3 is 2.94 bits per heavy atom. The van der Waals surface area contributed by atoms with Crippen molar-refractivity contribution in [3.8, 4) is 0 Å². The summed E-state index contributed by atoms with van der Waals surface area (Å²) in [4.78, 5) is 4.22. The number of aromatic nitrogens is 2. The van der Waals surface area contributed by atoms with Gasteiger partial charge >= 0.3 is 0 Å². The van der Waals surface area contributed by atoms with Crippen molar-refractivity contribution in [2.45, 2.75) is 45.3 Å². The van der Waals surface area contributed by atoms with E-state index in [9.17, 15) is 0 Å². The van der Waals surface area contributed by atoms with Gasteiger partial charge in [0.25, 0.3) is 0 Å². The zero-order valence-electron chi connectivity index (χ0n) is 10.4. The first kappa shape index (κ1) is 12.5. The summed E-state index contributed by atoms with van der Waals surface area (Å²) in [6.07, 6.45) is 6.87. The topological polar surface area (TPSA) is 60.2 Å². The number of nitrogens with zero attached hydrogens (tertiary/aromatic N) is 2. The minimum Gasteiger partial charge on any atom is -0.377 e. The van der Waals surface area contributed by atoms with Crippen molar-refractivity contribution in [1.82, 2.24) is 15.5 Å². The fourth-order valence-corrected chi connectivity index (χ4v) is 2.32. The molecule has 1 aromatic rings. The van der Waals surface area contributed by atoms with Crippen LogP contribution in [0.2, 0.25) is 0 Å². The molecule has 1 aliphatic rings. The molecule has 1 fully saturated rings. The molecule has 1 saturated carbocycles. The summed E-state index contributed by atoms with van der Waals surface area (Å²) >= 11 is 0. The third-order valence-electron chi connectivity index (χ3n) is 3.22. The van der Waals surface area contributed by atoms with Gasteiger partial charge in [0, 0.05) is 7.11 Å². The smallest absolute Gasteiger partial charge is 0.240 e. The highest BCUT2D eigenvalue weighted by Crippen LogP contribution is 2.22. The van der Waals surface area contributed by atoms with Crippen LogP contribution >= 0.6 is 0 Å². The van der Waals surface area contributed by atoms with Crippen LogP contribution in [-0.4, -0.2) is 23.8 Å². The van der Waals surface area contributed by atoms with E-state index in [1.165, 1.54) is 32.1 Å². The van der Waals surface area contributed by atoms with Crippen molar-refractivity contribution in [2.24, 2.45) is 5.92 Å². The highest BCUT2D eigenvalue weighted by molar-refractivity contribution is 4.84. The van der Waals surface area contributed by atoms with Crippen LogP contribution in [0.5, 0.6) is 0 Å². The normalized spacial score (nSPS) is 17.5. The van der Waals surface area contributed by atoms with Gasteiger partial charge in [0.15, 0.2) is 5.82 Å². The van der Waals surface area contributed by atoms with E-state index in [1.54, 1.807) is 7.11 Å². The first-order chi connectivity index (χ1) is 8.38. The van der Waals surface area contributed by atoms with Gasteiger partial charge in [-0.1, -0.05) is 24.4 Å². The molecule has 2 rings (SSSR count). The van der Waals surface area contributed by atoms with Crippen molar-refractivity contribution < 1.29 is 9.26 Å². The Kier molecular flexibility index (Phi) is 4.94. The van der Waals surface area contributed by atoms with Gasteiger partial charge in [-0.25, -0.2) is 0 Å². The summed E-state index contributed by atoms with van der Waals surface area (Å²) in [6.45, 7) is 2.13. The van der Waals surface area contributed by atoms with Crippen molar-refractivity contribution in [3.63, 3.8) is 0 Å². The van der Waals surface area contributed by atoms with E-state index in [2.05, 4.69) is 15.5 Å². The molecule has 5 heteroatoms. The maximum absolute atomic E-state index is 5.10. The number of ether oxygens (including phenoxy) is 1. The van der Waals surface area contributed by atoms with E-state index < -0.39 is 0 Å². The molecule has 0 saturated heterocycles. The molecule has 0 spiro atoms. The molecule has 0 aromatic carbocycles. The van der Waals surface area contributed by atoms with Crippen LogP contribution in [-0.2, 0) is 17.9 Å². The zero-order chi connectivity index (χ0) is 11.9. The van der Waals surface area contributed by atoms with E-state index in [1.807, 2.05) is 0 Å². The van der Waals surface area contributed by atoms with Crippen LogP contribution in [0.15, 0.2) is 4.52 Å². The van der Waals surface area contributed by atoms with Crippen LogP contribution in [0.3, 0.4) is 0 Å². The molecule has 96 valence electrons. The molecule has 0 radical (unpaired) electrons. The Labute approximate surface area is 102 Å². The van der Waals surface area contributed by atoms with Gasteiger partial charge in [-0.15, -0.1) is 0 Å². The third-order valence-corrected chi connectivity index (χ3v) is 3.22. The van der Waals surface area contributed by atoms with Gasteiger partial charge in [-0.2, -0.15) is 4.98 Å². The second-order valence-corrected chi connectivity index (χ2v) is 4.67. The SMILES string of the molecule is COCc1noc(CNCC2CCCCC2)n1. The van der Waals surface area contributed by atoms with Crippen LogP contribution in [0.25, 0.3) is 0 Å². The first-order valence-electron chi connectivity index (χ1n) is 6.39. The number of hydrogen-bond donors (Lipinski definition) is 1. The molecule has 0 unspecified atom stereocenters. The quantitative estimate of drug-likeness (QED) is 0.821. The summed E-state index contributed by atoms with van der Waals surface area (Å²) in [5.74, 6) is 2.08. The first-order valence-corrected chi connectivity index (χ1v) is 6.39. The van der Waals surface area contributed by atoms with E-state index in [0.29, 0.717) is 24.9 Å². The van der Waals surface area contributed by atoms with Gasteiger partial charge in [0.05, 0.1) is 6.54 Å². The summed E-state index contributed by atoms with van der Waals surface area (Å²) in [7, 11) is 1.62. The Balaban J connectivity index is 1.66. The number of rotatable bonds is 6. The highest BCUT2D eigenvalue weighted by Gasteiger charge is 2.13. The largest absolute Gasteiger partial charge is 0.377 e. The average Bonchev–Trinajstić information content (AvgIpc) is 2.79. The summed E-state index contributed by atoms with van der Waals surface area (Å²) < 4.78 is 10.0. The second-order valence-electron chi connectivity index (χ2n) is 4.67. The number of methoxy groups -OCH3 is 1. The predicted octanol–water partition coefficient (Wildman–Crippen LogP) is 1.89. The van der Waals surface area contributed by atoms with E-state index in [0.717, 1.165) is 12.5 Å². The fraction of sp³-hybridized carbons (Fsp3) is 0.833. The third kappa shape index (κ3) is 4.09. The van der Waals surface area contributed by atoms with Gasteiger partial charge in [-0.3, -0.25) is 0 Å². The van der Waals surface area contributed by atoms with E-state index in [4.69, 9.17) is 9.26 Å². The van der Waals surface area contributed by atoms with Crippen molar-refractivity contribution in [1.29, 1.82) is 0 Å². The minimum atomic E-state index is 0.409. The van der Waals surface area contributed by atoms with E-state index in [-0.39, 0.29) is 0 Å². The average molecular weight is 239 g/mol. The van der Waals surface area contributed by atoms with Crippen LogP contribution in [0.1, 0.15) is 43.8 Å². The maximum Gasteiger partial charge on any atom is 0.240 e. The molecular formula is C12H21N3O2. The molecule has 0 aliphatic heterocycles. The summed E-state index contributed by atoms with van der Waals surface area (Å²) in [5.41, 5.74) is 0. The maximum atomic E-state index is 5.10. The molecule has 5 nitrogen and oxygen atoms in total. The predicted molar refractivity (Wildman–Crippen MR) is 63.3 cm³/mol. The van der Waals surface area contributed by atoms with Gasteiger partial charge in [0.2, 0.25) is 5.89 Å². The zero-order valence-corrected chi connectivity index (χ0v) is 10.4. The Morgan fingerprint density at radius 2 is 2.18 bits per heavy atom. The van der Waals surface area contributed by atoms with Crippen molar-refractivity contribution in [3.05, 3.63) is 11.7 Å². The minimum absolute atomic E-state index is 0.409. The van der Waals surface area contributed by atoms with Crippen LogP contribution in [0, 0.1) is 5.92 Å². The number of nitrogens with one attached hydrogen (secondary N) is 1. The Hall–Kier alpha value is -0.940. The molecular weight excluding hydrogens is 218 g/mol. The Morgan fingerprint density at radius 1 is 1.35 bits per heavy atom. The molecule has 1 N–H and O–H groups in total. The number of hydrogen-bond acceptors (Lipinski definition) is 5. The molecule has 0 amide bonds. The van der Waals surface area contributed by atoms with E-state index >= 15 is 0 Å². The van der Waals surface area contributed by atoms with Gasteiger partial charge in [0.1, 0.15) is 6.61 Å². The lowest BCUT2D eigenvalue weighted by molar-refractivity contribution is 0.174. The van der Waals surface area contributed by atoms with Crippen LogP contribution in [0.4, 0.5) is 0 Å². The summed E-state index contributed by atoms with van der Waals surface area (Å²) in [5, 5.41) is 7.21. The summed E-state index contributed by atoms with van der Waals surface area (Å²) in [6, 6.07) is 0. The lowest BCUT2D eigenvalue weighted by Crippen LogP contribution is -2.24. The van der Waals surface area contributed by atoms with Crippen LogP contribution < -0.4 is 5.32 Å². The standard InChI is InChI=1S/C12H21N3O2/c1-16-9-11-14-12(17-15-11)8-13-7-10-5-3-2-4-6-10/h10,13H,2-9H2,1H3. The fourth-order valence-electron chi connectivity index (χ4n) is 2.32. The van der Waals surface area contributed by atoms with Gasteiger partial charge < -0.3 is 14.6 Å². The second kappa shape index (κ2) is 6.71.